The van der Waals surface area contributed by atoms with E-state index in [2.05, 4.69) is 5.32 Å². The highest BCUT2D eigenvalue weighted by atomic mass is 16.5. The van der Waals surface area contributed by atoms with Gasteiger partial charge in [-0.25, -0.2) is 4.79 Å². The number of rotatable bonds is 9. The third-order valence-electron chi connectivity index (χ3n) is 4.01. The maximum absolute atomic E-state index is 12.2. The van der Waals surface area contributed by atoms with Crippen LogP contribution in [0.1, 0.15) is 35.7 Å². The average molecular weight is 371 g/mol. The fourth-order valence-electron chi connectivity index (χ4n) is 2.50. The Bertz CT molecular complexity index is 760. The van der Waals surface area contributed by atoms with E-state index in [-0.39, 0.29) is 18.4 Å². The lowest BCUT2D eigenvalue weighted by molar-refractivity contribution is -0.124. The number of hydrogen-bond acceptors (Lipinski definition) is 5. The van der Waals surface area contributed by atoms with E-state index in [0.29, 0.717) is 30.2 Å². The molecule has 6 heteroatoms. The zero-order valence-corrected chi connectivity index (χ0v) is 15.9. The fourth-order valence-corrected chi connectivity index (χ4v) is 2.50. The fraction of sp³-hybridized carbons (Fsp3) is 0.333. The van der Waals surface area contributed by atoms with Gasteiger partial charge in [0.2, 0.25) is 0 Å². The quantitative estimate of drug-likeness (QED) is 0.686. The molecule has 6 nitrogen and oxygen atoms in total. The van der Waals surface area contributed by atoms with Crippen molar-refractivity contribution in [1.29, 1.82) is 0 Å². The van der Waals surface area contributed by atoms with E-state index in [0.717, 1.165) is 5.56 Å². The molecule has 0 heterocycles. The van der Waals surface area contributed by atoms with Gasteiger partial charge in [-0.1, -0.05) is 37.3 Å². The van der Waals surface area contributed by atoms with Crippen molar-refractivity contribution in [1.82, 2.24) is 5.32 Å². The summed E-state index contributed by atoms with van der Waals surface area (Å²) >= 11 is 0. The van der Waals surface area contributed by atoms with E-state index >= 15 is 0 Å². The molecule has 0 bridgehead atoms. The van der Waals surface area contributed by atoms with Crippen LogP contribution in [0.2, 0.25) is 0 Å². The first-order valence-electron chi connectivity index (χ1n) is 8.84. The minimum atomic E-state index is -0.593. The van der Waals surface area contributed by atoms with Gasteiger partial charge in [0.1, 0.15) is 0 Å². The van der Waals surface area contributed by atoms with Crippen LogP contribution < -0.4 is 14.8 Å². The molecule has 27 heavy (non-hydrogen) atoms. The molecule has 2 rings (SSSR count). The lowest BCUT2D eigenvalue weighted by Gasteiger charge is -2.13. The van der Waals surface area contributed by atoms with Gasteiger partial charge < -0.3 is 19.5 Å². The van der Waals surface area contributed by atoms with Gasteiger partial charge >= 0.3 is 5.97 Å². The van der Waals surface area contributed by atoms with Crippen molar-refractivity contribution in [3.63, 3.8) is 0 Å². The Labute approximate surface area is 159 Å². The highest BCUT2D eigenvalue weighted by Gasteiger charge is 2.14. The lowest BCUT2D eigenvalue weighted by atomic mass is 10.0. The van der Waals surface area contributed by atoms with Crippen LogP contribution in [-0.4, -0.2) is 38.7 Å². The molecule has 1 atom stereocenters. The second-order valence-electron chi connectivity index (χ2n) is 5.99. The van der Waals surface area contributed by atoms with E-state index < -0.39 is 5.97 Å². The van der Waals surface area contributed by atoms with Crippen LogP contribution in [0, 0.1) is 0 Å². The first-order chi connectivity index (χ1) is 13.0. The second-order valence-corrected chi connectivity index (χ2v) is 5.99. The minimum absolute atomic E-state index is 0.168. The number of carbonyl (C=O) groups is 2. The lowest BCUT2D eigenvalue weighted by Crippen LogP contribution is -2.31. The Morgan fingerprint density at radius 3 is 2.48 bits per heavy atom. The van der Waals surface area contributed by atoms with Gasteiger partial charge in [0.25, 0.3) is 5.91 Å². The van der Waals surface area contributed by atoms with E-state index in [4.69, 9.17) is 14.2 Å². The van der Waals surface area contributed by atoms with E-state index in [1.54, 1.807) is 18.2 Å². The summed E-state index contributed by atoms with van der Waals surface area (Å²) in [5.74, 6) is 0.215. The number of amides is 1. The van der Waals surface area contributed by atoms with Crippen LogP contribution in [0.25, 0.3) is 0 Å². The van der Waals surface area contributed by atoms with Gasteiger partial charge in [-0.2, -0.15) is 0 Å². The molecule has 2 aromatic carbocycles. The van der Waals surface area contributed by atoms with Crippen molar-refractivity contribution in [2.45, 2.75) is 19.8 Å². The van der Waals surface area contributed by atoms with Gasteiger partial charge in [0.15, 0.2) is 18.1 Å². The van der Waals surface area contributed by atoms with Crippen LogP contribution >= 0.6 is 0 Å². The summed E-state index contributed by atoms with van der Waals surface area (Å²) in [7, 11) is 1.52. The van der Waals surface area contributed by atoms with Crippen molar-refractivity contribution in [3.05, 3.63) is 59.7 Å². The summed E-state index contributed by atoms with van der Waals surface area (Å²) in [4.78, 5) is 24.1. The normalized spacial score (nSPS) is 11.4. The summed E-state index contributed by atoms with van der Waals surface area (Å²) < 4.78 is 15.7. The van der Waals surface area contributed by atoms with E-state index in [1.807, 2.05) is 44.2 Å². The molecule has 1 amide bonds. The van der Waals surface area contributed by atoms with Gasteiger partial charge in [0, 0.05) is 6.54 Å². The number of methoxy groups -OCH3 is 1. The topological polar surface area (TPSA) is 73.9 Å². The number of carbonyl (C=O) groups excluding carboxylic acids is 2. The first-order valence-corrected chi connectivity index (χ1v) is 8.84. The first kappa shape index (κ1) is 20.3. The van der Waals surface area contributed by atoms with Crippen LogP contribution in [-0.2, 0) is 9.53 Å². The summed E-state index contributed by atoms with van der Waals surface area (Å²) in [6.07, 6.45) is 0. The highest BCUT2D eigenvalue weighted by molar-refractivity contribution is 5.92. The molecular weight excluding hydrogens is 346 g/mol. The molecular formula is C21H25NO5. The molecule has 144 valence electrons. The zero-order chi connectivity index (χ0) is 19.6. The molecule has 0 aliphatic rings. The largest absolute Gasteiger partial charge is 0.493 e. The van der Waals surface area contributed by atoms with Gasteiger partial charge in [0.05, 0.1) is 19.3 Å². The van der Waals surface area contributed by atoms with Crippen molar-refractivity contribution < 1.29 is 23.8 Å². The Balaban J connectivity index is 1.84. The molecule has 0 aromatic heterocycles. The summed E-state index contributed by atoms with van der Waals surface area (Å²) in [6.45, 7) is 4.43. The van der Waals surface area contributed by atoms with Crippen molar-refractivity contribution >= 4 is 11.9 Å². The predicted molar refractivity (Wildman–Crippen MR) is 102 cm³/mol. The van der Waals surface area contributed by atoms with Crippen LogP contribution in [0.3, 0.4) is 0 Å². The van der Waals surface area contributed by atoms with Crippen LogP contribution in [0.4, 0.5) is 0 Å². The number of nitrogens with one attached hydrogen (secondary N) is 1. The third kappa shape index (κ3) is 6.02. The monoisotopic (exact) mass is 371 g/mol. The zero-order valence-electron chi connectivity index (χ0n) is 15.9. The SMILES string of the molecule is CCOc1cc(C(=O)OCC(=O)NC[C@@H](C)c2ccccc2)ccc1OC. The van der Waals surface area contributed by atoms with Gasteiger partial charge in [-0.05, 0) is 36.6 Å². The van der Waals surface area contributed by atoms with Gasteiger partial charge in [-0.3, -0.25) is 4.79 Å². The maximum Gasteiger partial charge on any atom is 0.338 e. The summed E-state index contributed by atoms with van der Waals surface area (Å²) in [5.41, 5.74) is 1.43. The molecule has 0 fully saturated rings. The molecule has 0 unspecified atom stereocenters. The Hall–Kier alpha value is -3.02. The molecule has 0 saturated carbocycles. The smallest absolute Gasteiger partial charge is 0.338 e. The molecule has 0 saturated heterocycles. The molecule has 0 aliphatic heterocycles. The Kier molecular flexibility index (Phi) is 7.67. The number of benzene rings is 2. The third-order valence-corrected chi connectivity index (χ3v) is 4.01. The number of esters is 1. The summed E-state index contributed by atoms with van der Waals surface area (Å²) in [6, 6.07) is 14.6. The van der Waals surface area contributed by atoms with Crippen LogP contribution in [0.15, 0.2) is 48.5 Å². The minimum Gasteiger partial charge on any atom is -0.493 e. The van der Waals surface area contributed by atoms with Crippen molar-refractivity contribution in [2.75, 3.05) is 26.9 Å². The van der Waals surface area contributed by atoms with Gasteiger partial charge in [-0.15, -0.1) is 0 Å². The second kappa shape index (κ2) is 10.2. The number of ether oxygens (including phenoxy) is 3. The molecule has 2 aromatic rings. The standard InChI is InChI=1S/C21H25NO5/c1-4-26-19-12-17(10-11-18(19)25-3)21(24)27-14-20(23)22-13-15(2)16-8-6-5-7-9-16/h5-12,15H,4,13-14H2,1-3H3,(H,22,23)/t15-/m1/s1. The average Bonchev–Trinajstić information content (AvgIpc) is 2.71. The maximum atomic E-state index is 12.2. The molecule has 0 radical (unpaired) electrons. The highest BCUT2D eigenvalue weighted by Crippen LogP contribution is 2.28. The van der Waals surface area contributed by atoms with Crippen LogP contribution in [0.5, 0.6) is 11.5 Å². The molecule has 1 N–H and O–H groups in total. The predicted octanol–water partition coefficient (Wildman–Crippen LogP) is 3.17. The Morgan fingerprint density at radius 2 is 1.81 bits per heavy atom. The summed E-state index contributed by atoms with van der Waals surface area (Å²) in [5, 5.41) is 2.78. The van der Waals surface area contributed by atoms with Crippen molar-refractivity contribution in [3.8, 4) is 11.5 Å². The molecule has 0 spiro atoms. The number of hydrogen-bond donors (Lipinski definition) is 1. The van der Waals surface area contributed by atoms with E-state index in [9.17, 15) is 9.59 Å². The van der Waals surface area contributed by atoms with E-state index in [1.165, 1.54) is 7.11 Å². The molecule has 0 aliphatic carbocycles. The Morgan fingerprint density at radius 1 is 1.07 bits per heavy atom. The van der Waals surface area contributed by atoms with Crippen molar-refractivity contribution in [2.24, 2.45) is 0 Å².